The number of fused-ring (bicyclic) bond motifs is 1. The van der Waals surface area contributed by atoms with Gasteiger partial charge in [-0.3, -0.25) is 4.79 Å². The summed E-state index contributed by atoms with van der Waals surface area (Å²) in [6.07, 6.45) is 9.41. The third-order valence-corrected chi connectivity index (χ3v) is 5.27. The molecule has 0 saturated carbocycles. The number of rotatable bonds is 5. The molecule has 0 unspecified atom stereocenters. The highest BCUT2D eigenvalue weighted by Crippen LogP contribution is 2.28. The van der Waals surface area contributed by atoms with Crippen molar-refractivity contribution in [2.45, 2.75) is 13.5 Å². The lowest BCUT2D eigenvalue weighted by Gasteiger charge is -2.10. The Morgan fingerprint density at radius 1 is 1.00 bits per heavy atom. The molecule has 6 nitrogen and oxygen atoms in total. The van der Waals surface area contributed by atoms with Crippen molar-refractivity contribution in [2.24, 2.45) is 0 Å². The van der Waals surface area contributed by atoms with Crippen LogP contribution in [0.5, 0.6) is 0 Å². The van der Waals surface area contributed by atoms with Crippen molar-refractivity contribution in [1.29, 1.82) is 0 Å². The van der Waals surface area contributed by atoms with Crippen molar-refractivity contribution in [3.05, 3.63) is 108 Å². The second kappa shape index (κ2) is 7.91. The van der Waals surface area contributed by atoms with E-state index in [0.29, 0.717) is 5.56 Å². The van der Waals surface area contributed by atoms with Crippen molar-refractivity contribution < 1.29 is 4.79 Å². The first-order valence-corrected chi connectivity index (χ1v) is 10.1. The number of aryl methyl sites for hydroxylation is 1. The van der Waals surface area contributed by atoms with Crippen LogP contribution in [0.2, 0.25) is 0 Å². The monoisotopic (exact) mass is 407 g/mol. The molecule has 0 aliphatic heterocycles. The van der Waals surface area contributed by atoms with Crippen LogP contribution in [0.25, 0.3) is 16.9 Å². The number of para-hydroxylation sites is 1. The lowest BCUT2D eigenvalue weighted by atomic mass is 10.1. The predicted molar refractivity (Wildman–Crippen MR) is 121 cm³/mol. The highest BCUT2D eigenvalue weighted by atomic mass is 16.1. The van der Waals surface area contributed by atoms with Crippen LogP contribution in [0.4, 0.5) is 5.69 Å². The first kappa shape index (κ1) is 18.8. The maximum Gasteiger partial charge on any atom is 0.255 e. The van der Waals surface area contributed by atoms with Gasteiger partial charge in [-0.2, -0.15) is 0 Å². The zero-order valence-electron chi connectivity index (χ0n) is 17.1. The molecule has 2 aromatic carbocycles. The molecule has 3 aromatic heterocycles. The highest BCUT2D eigenvalue weighted by Gasteiger charge is 2.13. The molecule has 0 fully saturated rings. The Kier molecular flexibility index (Phi) is 4.80. The molecule has 3 heterocycles. The predicted octanol–water partition coefficient (Wildman–Crippen LogP) is 4.81. The van der Waals surface area contributed by atoms with Crippen LogP contribution in [-0.2, 0) is 6.54 Å². The van der Waals surface area contributed by atoms with E-state index in [9.17, 15) is 4.79 Å². The summed E-state index contributed by atoms with van der Waals surface area (Å²) < 4.78 is 3.99. The maximum absolute atomic E-state index is 12.9. The Hall–Kier alpha value is -4.19. The lowest BCUT2D eigenvalue weighted by Crippen LogP contribution is -2.12. The molecular formula is C25H21N5O. The summed E-state index contributed by atoms with van der Waals surface area (Å²) in [5, 5.41) is 3.05. The van der Waals surface area contributed by atoms with E-state index < -0.39 is 0 Å². The molecule has 0 bridgehead atoms. The number of pyridine rings is 1. The molecule has 0 atom stereocenters. The molecule has 1 N–H and O–H groups in total. The Morgan fingerprint density at radius 3 is 2.61 bits per heavy atom. The minimum Gasteiger partial charge on any atom is -0.333 e. The molecule has 5 aromatic rings. The average Bonchev–Trinajstić information content (AvgIpc) is 3.45. The fourth-order valence-corrected chi connectivity index (χ4v) is 3.65. The van der Waals surface area contributed by atoms with Crippen molar-refractivity contribution in [3.8, 4) is 11.3 Å². The summed E-state index contributed by atoms with van der Waals surface area (Å²) in [6.45, 7) is 2.76. The standard InChI is InChI=1S/C25H21N5O/c1-18-5-4-13-30-16-23(27-24(18)30)21-6-2-3-7-22(21)28-25(31)20-10-8-19(9-11-20)15-29-14-12-26-17-29/h2-14,16-17H,15H2,1H3,(H,28,31). The number of carbonyl (C=O) groups excluding carboxylic acids is 1. The van der Waals surface area contributed by atoms with Gasteiger partial charge < -0.3 is 14.3 Å². The maximum atomic E-state index is 12.9. The van der Waals surface area contributed by atoms with E-state index in [4.69, 9.17) is 4.98 Å². The van der Waals surface area contributed by atoms with Crippen LogP contribution in [-0.4, -0.2) is 24.8 Å². The van der Waals surface area contributed by atoms with E-state index in [0.717, 1.165) is 40.3 Å². The van der Waals surface area contributed by atoms with Crippen LogP contribution in [0, 0.1) is 6.92 Å². The van der Waals surface area contributed by atoms with Crippen molar-refractivity contribution in [1.82, 2.24) is 18.9 Å². The van der Waals surface area contributed by atoms with E-state index in [-0.39, 0.29) is 5.91 Å². The topological polar surface area (TPSA) is 64.2 Å². The van der Waals surface area contributed by atoms with Crippen LogP contribution in [0.15, 0.2) is 91.8 Å². The minimum atomic E-state index is -0.151. The average molecular weight is 407 g/mol. The first-order valence-electron chi connectivity index (χ1n) is 10.1. The summed E-state index contributed by atoms with van der Waals surface area (Å²) >= 11 is 0. The second-order valence-electron chi connectivity index (χ2n) is 7.48. The third-order valence-electron chi connectivity index (χ3n) is 5.27. The van der Waals surface area contributed by atoms with E-state index in [1.807, 2.05) is 95.1 Å². The number of imidazole rings is 2. The number of nitrogens with zero attached hydrogens (tertiary/aromatic N) is 4. The molecule has 0 saturated heterocycles. The number of amides is 1. The second-order valence-corrected chi connectivity index (χ2v) is 7.48. The van der Waals surface area contributed by atoms with Crippen molar-refractivity contribution in [2.75, 3.05) is 5.32 Å². The number of nitrogens with one attached hydrogen (secondary N) is 1. The smallest absolute Gasteiger partial charge is 0.255 e. The molecule has 6 heteroatoms. The largest absolute Gasteiger partial charge is 0.333 e. The fourth-order valence-electron chi connectivity index (χ4n) is 3.65. The third kappa shape index (κ3) is 3.83. The van der Waals surface area contributed by atoms with Gasteiger partial charge in [0.15, 0.2) is 0 Å². The minimum absolute atomic E-state index is 0.151. The van der Waals surface area contributed by atoms with Gasteiger partial charge >= 0.3 is 0 Å². The SMILES string of the molecule is Cc1cccn2cc(-c3ccccc3NC(=O)c3ccc(Cn4ccnc4)cc3)nc12. The Labute approximate surface area is 179 Å². The van der Waals surface area contributed by atoms with Crippen LogP contribution >= 0.6 is 0 Å². The van der Waals surface area contributed by atoms with Crippen molar-refractivity contribution >= 4 is 17.2 Å². The summed E-state index contributed by atoms with van der Waals surface area (Å²) in [5.41, 5.74) is 6.16. The van der Waals surface area contributed by atoms with E-state index in [1.54, 1.807) is 12.5 Å². The van der Waals surface area contributed by atoms with Gasteiger partial charge in [-0.15, -0.1) is 0 Å². The Balaban J connectivity index is 1.39. The molecular weight excluding hydrogens is 386 g/mol. The van der Waals surface area contributed by atoms with Crippen molar-refractivity contribution in [3.63, 3.8) is 0 Å². The van der Waals surface area contributed by atoms with Gasteiger partial charge in [0.2, 0.25) is 0 Å². The van der Waals surface area contributed by atoms with Gasteiger partial charge in [0.25, 0.3) is 5.91 Å². The molecule has 1 amide bonds. The molecule has 0 radical (unpaired) electrons. The van der Waals surface area contributed by atoms with Gasteiger partial charge in [0, 0.05) is 42.5 Å². The highest BCUT2D eigenvalue weighted by molar-refractivity contribution is 6.06. The Morgan fingerprint density at radius 2 is 1.84 bits per heavy atom. The fraction of sp³-hybridized carbons (Fsp3) is 0.0800. The number of benzene rings is 2. The number of hydrogen-bond acceptors (Lipinski definition) is 3. The lowest BCUT2D eigenvalue weighted by molar-refractivity contribution is 0.102. The molecule has 0 spiro atoms. The van der Waals surface area contributed by atoms with Crippen LogP contribution < -0.4 is 5.32 Å². The van der Waals surface area contributed by atoms with Gasteiger partial charge in [0.05, 0.1) is 17.7 Å². The molecule has 152 valence electrons. The van der Waals surface area contributed by atoms with Gasteiger partial charge in [-0.25, -0.2) is 9.97 Å². The molecule has 0 aliphatic carbocycles. The molecule has 31 heavy (non-hydrogen) atoms. The Bertz CT molecular complexity index is 1350. The van der Waals surface area contributed by atoms with Crippen LogP contribution in [0.3, 0.4) is 0 Å². The number of anilines is 1. The normalized spacial score (nSPS) is 11.0. The van der Waals surface area contributed by atoms with E-state index >= 15 is 0 Å². The first-order chi connectivity index (χ1) is 15.2. The summed E-state index contributed by atoms with van der Waals surface area (Å²) in [6, 6.07) is 19.4. The summed E-state index contributed by atoms with van der Waals surface area (Å²) in [7, 11) is 0. The zero-order valence-corrected chi connectivity index (χ0v) is 17.1. The summed E-state index contributed by atoms with van der Waals surface area (Å²) in [4.78, 5) is 21.7. The van der Waals surface area contributed by atoms with Gasteiger partial charge in [0.1, 0.15) is 5.65 Å². The zero-order chi connectivity index (χ0) is 21.2. The number of hydrogen-bond donors (Lipinski definition) is 1. The summed E-state index contributed by atoms with van der Waals surface area (Å²) in [5.74, 6) is -0.151. The number of aromatic nitrogens is 4. The van der Waals surface area contributed by atoms with Gasteiger partial charge in [-0.05, 0) is 42.3 Å². The van der Waals surface area contributed by atoms with Crippen LogP contribution in [0.1, 0.15) is 21.5 Å². The van der Waals surface area contributed by atoms with Gasteiger partial charge in [-0.1, -0.05) is 36.4 Å². The van der Waals surface area contributed by atoms with E-state index in [1.165, 1.54) is 0 Å². The molecule has 5 rings (SSSR count). The quantitative estimate of drug-likeness (QED) is 0.455. The number of carbonyl (C=O) groups is 1. The van der Waals surface area contributed by atoms with E-state index in [2.05, 4.69) is 10.3 Å². The molecule has 0 aliphatic rings.